The molecular weight excluding hydrogens is 411 g/mol. The molecule has 8 nitrogen and oxygen atoms in total. The summed E-state index contributed by atoms with van der Waals surface area (Å²) in [5.41, 5.74) is 0.582. The van der Waals surface area contributed by atoms with Crippen molar-refractivity contribution >= 4 is 34.2 Å². The number of aromatic nitrogens is 3. The van der Waals surface area contributed by atoms with Crippen LogP contribution in [0.1, 0.15) is 5.56 Å². The van der Waals surface area contributed by atoms with Crippen LogP contribution in [0.5, 0.6) is 5.75 Å². The summed E-state index contributed by atoms with van der Waals surface area (Å²) in [7, 11) is 0. The number of halogens is 1. The molecular formula is C14H15IN6O2. The minimum Gasteiger partial charge on any atom is -0.505 e. The molecule has 0 amide bonds. The summed E-state index contributed by atoms with van der Waals surface area (Å²) in [4.78, 5) is 16.5. The fraction of sp³-hybridized carbons (Fsp3) is 0.286. The minimum atomic E-state index is 0.0717. The molecule has 2 aromatic rings. The predicted octanol–water partition coefficient (Wildman–Crippen LogP) is 1.14. The van der Waals surface area contributed by atoms with Crippen LogP contribution in [-0.2, 0) is 0 Å². The molecule has 0 saturated carbocycles. The van der Waals surface area contributed by atoms with Gasteiger partial charge < -0.3 is 20.1 Å². The van der Waals surface area contributed by atoms with Crippen molar-refractivity contribution in [3.05, 3.63) is 40.1 Å². The average molecular weight is 426 g/mol. The van der Waals surface area contributed by atoms with E-state index in [1.807, 2.05) is 27.5 Å². The number of rotatable bonds is 2. The van der Waals surface area contributed by atoms with Gasteiger partial charge in [0.25, 0.3) is 0 Å². The molecule has 3 heterocycles. The van der Waals surface area contributed by atoms with Crippen molar-refractivity contribution < 1.29 is 10.3 Å². The van der Waals surface area contributed by atoms with Crippen LogP contribution in [0.3, 0.4) is 0 Å². The molecule has 0 aromatic carbocycles. The Bertz CT molecular complexity index is 704. The molecule has 120 valence electrons. The third-order valence-corrected chi connectivity index (χ3v) is 4.46. The second kappa shape index (κ2) is 6.94. The lowest BCUT2D eigenvalue weighted by Crippen LogP contribution is -2.49. The Hall–Kier alpha value is -2.17. The SMILES string of the molecule is O/N=C(\c1cnc(I)c(O)c1)N1CCN(c2cnccn2)CC1. The maximum Gasteiger partial charge on any atom is 0.177 e. The molecule has 1 saturated heterocycles. The highest BCUT2D eigenvalue weighted by molar-refractivity contribution is 14.1. The van der Waals surface area contributed by atoms with Crippen molar-refractivity contribution in [2.75, 3.05) is 31.1 Å². The van der Waals surface area contributed by atoms with Crippen LogP contribution >= 0.6 is 22.6 Å². The first kappa shape index (κ1) is 15.7. The van der Waals surface area contributed by atoms with Crippen molar-refractivity contribution in [1.29, 1.82) is 0 Å². The standard InChI is InChI=1S/C14H15IN6O2/c15-13-11(22)7-10(8-18-13)14(19-23)21-5-3-20(4-6-21)12-9-16-1-2-17-12/h1-2,7-9,22-23H,3-6H2/b19-14+. The van der Waals surface area contributed by atoms with Gasteiger partial charge >= 0.3 is 0 Å². The van der Waals surface area contributed by atoms with Gasteiger partial charge in [0, 0.05) is 50.3 Å². The van der Waals surface area contributed by atoms with Crippen LogP contribution in [0.25, 0.3) is 0 Å². The molecule has 0 aliphatic carbocycles. The molecule has 2 N–H and O–H groups in total. The molecule has 2 aromatic heterocycles. The Morgan fingerprint density at radius 1 is 1.13 bits per heavy atom. The zero-order chi connectivity index (χ0) is 16.2. The lowest BCUT2D eigenvalue weighted by Gasteiger charge is -2.36. The quantitative estimate of drug-likeness (QED) is 0.186. The summed E-state index contributed by atoms with van der Waals surface area (Å²) in [6.07, 6.45) is 6.64. The predicted molar refractivity (Wildman–Crippen MR) is 92.8 cm³/mol. The van der Waals surface area contributed by atoms with E-state index >= 15 is 0 Å². The van der Waals surface area contributed by atoms with Gasteiger partial charge in [0.1, 0.15) is 15.3 Å². The summed E-state index contributed by atoms with van der Waals surface area (Å²) in [6.45, 7) is 2.81. The minimum absolute atomic E-state index is 0.0717. The monoisotopic (exact) mass is 426 g/mol. The van der Waals surface area contributed by atoms with E-state index in [4.69, 9.17) is 0 Å². The molecule has 0 atom stereocenters. The highest BCUT2D eigenvalue weighted by Crippen LogP contribution is 2.20. The second-order valence-corrected chi connectivity index (χ2v) is 6.02. The summed E-state index contributed by atoms with van der Waals surface area (Å²) >= 11 is 1.94. The van der Waals surface area contributed by atoms with Gasteiger partial charge in [-0.2, -0.15) is 0 Å². The summed E-state index contributed by atoms with van der Waals surface area (Å²) in [6, 6.07) is 1.55. The molecule has 23 heavy (non-hydrogen) atoms. The largest absolute Gasteiger partial charge is 0.505 e. The first-order valence-corrected chi connectivity index (χ1v) is 8.10. The summed E-state index contributed by atoms with van der Waals surface area (Å²) in [5, 5.41) is 22.6. The first-order valence-electron chi connectivity index (χ1n) is 7.02. The lowest BCUT2D eigenvalue weighted by atomic mass is 10.2. The van der Waals surface area contributed by atoms with E-state index < -0.39 is 0 Å². The number of oxime groups is 1. The number of amidine groups is 1. The van der Waals surface area contributed by atoms with E-state index in [-0.39, 0.29) is 5.75 Å². The van der Waals surface area contributed by atoms with E-state index in [0.717, 1.165) is 18.9 Å². The molecule has 9 heteroatoms. The van der Waals surface area contributed by atoms with Gasteiger partial charge in [0.15, 0.2) is 5.84 Å². The van der Waals surface area contributed by atoms with E-state index in [1.165, 1.54) is 0 Å². The van der Waals surface area contributed by atoms with Crippen LogP contribution < -0.4 is 4.90 Å². The molecule has 0 spiro atoms. The molecule has 0 unspecified atom stereocenters. The second-order valence-electron chi connectivity index (χ2n) is 5.00. The Morgan fingerprint density at radius 3 is 2.52 bits per heavy atom. The maximum atomic E-state index is 9.79. The van der Waals surface area contributed by atoms with Crippen molar-refractivity contribution in [2.45, 2.75) is 0 Å². The Morgan fingerprint density at radius 2 is 1.91 bits per heavy atom. The van der Waals surface area contributed by atoms with Gasteiger partial charge in [-0.3, -0.25) is 4.98 Å². The Labute approximate surface area is 146 Å². The summed E-state index contributed by atoms with van der Waals surface area (Å²) < 4.78 is 0.510. The fourth-order valence-corrected chi connectivity index (χ4v) is 2.76. The maximum absolute atomic E-state index is 9.79. The van der Waals surface area contributed by atoms with Crippen LogP contribution in [0, 0.1) is 3.70 Å². The lowest BCUT2D eigenvalue weighted by molar-refractivity contribution is 0.295. The van der Waals surface area contributed by atoms with Gasteiger partial charge in [0.05, 0.1) is 6.20 Å². The first-order chi connectivity index (χ1) is 11.2. The van der Waals surface area contributed by atoms with E-state index in [2.05, 4.69) is 25.0 Å². The zero-order valence-corrected chi connectivity index (χ0v) is 14.3. The number of anilines is 1. The Balaban J connectivity index is 1.71. The topological polar surface area (TPSA) is 98.0 Å². The third kappa shape index (κ3) is 3.44. The Kier molecular flexibility index (Phi) is 4.74. The summed E-state index contributed by atoms with van der Waals surface area (Å²) in [5.74, 6) is 1.31. The molecule has 0 bridgehead atoms. The van der Waals surface area contributed by atoms with Gasteiger partial charge in [-0.1, -0.05) is 5.16 Å². The molecule has 1 fully saturated rings. The van der Waals surface area contributed by atoms with Gasteiger partial charge in [-0.15, -0.1) is 0 Å². The average Bonchev–Trinajstić information content (AvgIpc) is 2.60. The molecule has 0 radical (unpaired) electrons. The van der Waals surface area contributed by atoms with Gasteiger partial charge in [-0.25, -0.2) is 9.97 Å². The van der Waals surface area contributed by atoms with Crippen LogP contribution in [0.4, 0.5) is 5.82 Å². The van der Waals surface area contributed by atoms with Crippen LogP contribution in [-0.4, -0.2) is 62.2 Å². The number of piperazine rings is 1. The number of hydrogen-bond acceptors (Lipinski definition) is 7. The van der Waals surface area contributed by atoms with E-state index in [0.29, 0.717) is 28.2 Å². The number of hydrogen-bond donors (Lipinski definition) is 2. The highest BCUT2D eigenvalue weighted by atomic mass is 127. The number of aromatic hydroxyl groups is 1. The van der Waals surface area contributed by atoms with Crippen molar-refractivity contribution in [3.63, 3.8) is 0 Å². The molecule has 1 aliphatic rings. The fourth-order valence-electron chi connectivity index (χ4n) is 2.46. The van der Waals surface area contributed by atoms with Crippen LogP contribution in [0.15, 0.2) is 36.0 Å². The van der Waals surface area contributed by atoms with Crippen molar-refractivity contribution in [1.82, 2.24) is 19.9 Å². The number of pyridine rings is 1. The van der Waals surface area contributed by atoms with Crippen molar-refractivity contribution in [3.8, 4) is 5.75 Å². The van der Waals surface area contributed by atoms with E-state index in [9.17, 15) is 10.3 Å². The normalized spacial score (nSPS) is 15.8. The zero-order valence-electron chi connectivity index (χ0n) is 12.2. The molecule has 1 aliphatic heterocycles. The van der Waals surface area contributed by atoms with Gasteiger partial charge in [0.2, 0.25) is 0 Å². The highest BCUT2D eigenvalue weighted by Gasteiger charge is 2.23. The smallest absolute Gasteiger partial charge is 0.177 e. The van der Waals surface area contributed by atoms with Crippen molar-refractivity contribution in [2.24, 2.45) is 5.16 Å². The number of nitrogens with zero attached hydrogens (tertiary/aromatic N) is 6. The third-order valence-electron chi connectivity index (χ3n) is 3.63. The van der Waals surface area contributed by atoms with Gasteiger partial charge in [-0.05, 0) is 28.7 Å². The molecule has 3 rings (SSSR count). The van der Waals surface area contributed by atoms with E-state index in [1.54, 1.807) is 30.9 Å². The van der Waals surface area contributed by atoms with Crippen LogP contribution in [0.2, 0.25) is 0 Å².